The Hall–Kier alpha value is -0.330. The Morgan fingerprint density at radius 2 is 2.19 bits per heavy atom. The van der Waals surface area contributed by atoms with Gasteiger partial charge in [-0.05, 0) is 5.92 Å². The van der Waals surface area contributed by atoms with Crippen molar-refractivity contribution >= 4 is 24.0 Å². The fourth-order valence-corrected chi connectivity index (χ4v) is 3.43. The van der Waals surface area contributed by atoms with Crippen LogP contribution in [0.2, 0.25) is 5.15 Å². The molecule has 2 saturated heterocycles. The van der Waals surface area contributed by atoms with Crippen LogP contribution in [0.25, 0.3) is 0 Å². The summed E-state index contributed by atoms with van der Waals surface area (Å²) in [6.45, 7) is 8.93. The van der Waals surface area contributed by atoms with E-state index in [9.17, 15) is 0 Å². The van der Waals surface area contributed by atoms with Crippen LogP contribution in [0.5, 0.6) is 0 Å². The third-order valence-electron chi connectivity index (χ3n) is 4.32. The van der Waals surface area contributed by atoms with Gasteiger partial charge in [-0.25, -0.2) is 0 Å². The minimum Gasteiger partial charge on any atom is -0.374 e. The summed E-state index contributed by atoms with van der Waals surface area (Å²) in [4.78, 5) is 2.49. The lowest BCUT2D eigenvalue weighted by Crippen LogP contribution is -2.50. The number of fused-ring (bicyclic) bond motifs is 1. The number of nitrogens with zero attached hydrogens (tertiary/aromatic N) is 3. The van der Waals surface area contributed by atoms with E-state index in [0.29, 0.717) is 18.1 Å². The third-order valence-corrected chi connectivity index (χ3v) is 4.79. The summed E-state index contributed by atoms with van der Waals surface area (Å²) in [6, 6.07) is 0.458. The molecule has 2 aliphatic heterocycles. The number of aromatic nitrogens is 2. The molecule has 2 fully saturated rings. The molecular formula is C14H24Cl2N4O. The highest BCUT2D eigenvalue weighted by atomic mass is 35.5. The molecule has 0 saturated carbocycles. The Kier molecular flexibility index (Phi) is 5.54. The third kappa shape index (κ3) is 3.22. The van der Waals surface area contributed by atoms with Gasteiger partial charge in [0, 0.05) is 44.8 Å². The second kappa shape index (κ2) is 6.84. The Morgan fingerprint density at radius 1 is 1.43 bits per heavy atom. The van der Waals surface area contributed by atoms with Gasteiger partial charge in [0.2, 0.25) is 0 Å². The van der Waals surface area contributed by atoms with Gasteiger partial charge in [-0.1, -0.05) is 25.4 Å². The number of hydrogen-bond acceptors (Lipinski definition) is 4. The smallest absolute Gasteiger partial charge is 0.131 e. The highest BCUT2D eigenvalue weighted by Gasteiger charge is 2.36. The number of halogens is 2. The van der Waals surface area contributed by atoms with Crippen LogP contribution >= 0.6 is 24.0 Å². The van der Waals surface area contributed by atoms with E-state index in [-0.39, 0.29) is 12.4 Å². The average Bonchev–Trinajstić information content (AvgIpc) is 2.99. The van der Waals surface area contributed by atoms with Gasteiger partial charge in [0.1, 0.15) is 5.15 Å². The monoisotopic (exact) mass is 334 g/mol. The van der Waals surface area contributed by atoms with Gasteiger partial charge in [-0.2, -0.15) is 5.10 Å². The fraction of sp³-hybridized carbons (Fsp3) is 0.786. The zero-order chi connectivity index (χ0) is 14.3. The van der Waals surface area contributed by atoms with E-state index in [1.807, 2.05) is 7.05 Å². The Balaban J connectivity index is 0.00000161. The van der Waals surface area contributed by atoms with Crippen molar-refractivity contribution in [2.75, 3.05) is 26.2 Å². The molecule has 0 unspecified atom stereocenters. The van der Waals surface area contributed by atoms with E-state index < -0.39 is 0 Å². The molecule has 7 heteroatoms. The first-order chi connectivity index (χ1) is 9.58. The normalized spacial score (nSPS) is 26.0. The van der Waals surface area contributed by atoms with E-state index >= 15 is 0 Å². The molecular weight excluding hydrogens is 311 g/mol. The molecule has 0 amide bonds. The predicted molar refractivity (Wildman–Crippen MR) is 86.4 cm³/mol. The van der Waals surface area contributed by atoms with Crippen molar-refractivity contribution in [2.24, 2.45) is 7.05 Å². The summed E-state index contributed by atoms with van der Waals surface area (Å²) in [6.07, 6.45) is 0.321. The van der Waals surface area contributed by atoms with Crippen molar-refractivity contribution in [1.82, 2.24) is 20.0 Å². The number of morpholine rings is 1. The van der Waals surface area contributed by atoms with E-state index in [2.05, 4.69) is 29.2 Å². The van der Waals surface area contributed by atoms with E-state index in [1.165, 1.54) is 5.56 Å². The standard InChI is InChI=1S/C14H23ClN4O.ClH/c1-9(2)13-10(14(15)18(3)17-13)8-19-4-5-20-12-7-16-6-11(12)19;/h9,11-12,16H,4-8H2,1-3H3;1H/t11-,12+;/m1./s1. The minimum absolute atomic E-state index is 0. The molecule has 0 radical (unpaired) electrons. The number of aryl methyl sites for hydroxylation is 1. The van der Waals surface area contributed by atoms with Gasteiger partial charge in [0.25, 0.3) is 0 Å². The molecule has 0 aromatic carbocycles. The number of nitrogens with one attached hydrogen (secondary N) is 1. The van der Waals surface area contributed by atoms with Gasteiger partial charge < -0.3 is 10.1 Å². The molecule has 21 heavy (non-hydrogen) atoms. The summed E-state index contributed by atoms with van der Waals surface area (Å²) in [5, 5.41) is 8.76. The van der Waals surface area contributed by atoms with Crippen molar-refractivity contribution < 1.29 is 4.74 Å². The van der Waals surface area contributed by atoms with E-state index in [4.69, 9.17) is 16.3 Å². The first-order valence-corrected chi connectivity index (χ1v) is 7.73. The maximum atomic E-state index is 6.45. The average molecular weight is 335 g/mol. The Labute approximate surface area is 137 Å². The second-order valence-corrected chi connectivity index (χ2v) is 6.40. The summed E-state index contributed by atoms with van der Waals surface area (Å²) in [7, 11) is 1.91. The van der Waals surface area contributed by atoms with Gasteiger partial charge in [-0.15, -0.1) is 12.4 Å². The van der Waals surface area contributed by atoms with Crippen LogP contribution in [0.3, 0.4) is 0 Å². The van der Waals surface area contributed by atoms with Crippen LogP contribution in [0.4, 0.5) is 0 Å². The van der Waals surface area contributed by atoms with Crippen LogP contribution in [-0.4, -0.2) is 53.1 Å². The maximum Gasteiger partial charge on any atom is 0.131 e. The molecule has 0 spiro atoms. The zero-order valence-corrected chi connectivity index (χ0v) is 14.4. The van der Waals surface area contributed by atoms with Crippen molar-refractivity contribution in [3.05, 3.63) is 16.4 Å². The van der Waals surface area contributed by atoms with Gasteiger partial charge >= 0.3 is 0 Å². The Morgan fingerprint density at radius 3 is 2.90 bits per heavy atom. The minimum atomic E-state index is 0. The van der Waals surface area contributed by atoms with Crippen LogP contribution in [0.15, 0.2) is 0 Å². The number of ether oxygens (including phenoxy) is 1. The van der Waals surface area contributed by atoms with Gasteiger partial charge in [0.05, 0.1) is 18.4 Å². The van der Waals surface area contributed by atoms with E-state index in [1.54, 1.807) is 4.68 Å². The highest BCUT2D eigenvalue weighted by molar-refractivity contribution is 6.30. The van der Waals surface area contributed by atoms with Gasteiger partial charge in [-0.3, -0.25) is 9.58 Å². The van der Waals surface area contributed by atoms with Crippen molar-refractivity contribution in [1.29, 1.82) is 0 Å². The quantitative estimate of drug-likeness (QED) is 0.915. The molecule has 1 aromatic rings. The summed E-state index contributed by atoms with van der Waals surface area (Å²) >= 11 is 6.45. The van der Waals surface area contributed by atoms with Crippen LogP contribution in [-0.2, 0) is 18.3 Å². The molecule has 1 aromatic heterocycles. The summed E-state index contributed by atoms with van der Waals surface area (Å²) in [5.41, 5.74) is 2.29. The molecule has 0 aliphatic carbocycles. The van der Waals surface area contributed by atoms with E-state index in [0.717, 1.165) is 43.6 Å². The summed E-state index contributed by atoms with van der Waals surface area (Å²) in [5.74, 6) is 0.391. The lowest BCUT2D eigenvalue weighted by Gasteiger charge is -2.37. The van der Waals surface area contributed by atoms with Crippen molar-refractivity contribution in [3.8, 4) is 0 Å². The molecule has 1 N–H and O–H groups in total. The maximum absolute atomic E-state index is 6.45. The first kappa shape index (κ1) is 17.0. The summed E-state index contributed by atoms with van der Waals surface area (Å²) < 4.78 is 7.61. The fourth-order valence-electron chi connectivity index (χ4n) is 3.24. The van der Waals surface area contributed by atoms with Gasteiger partial charge in [0.15, 0.2) is 0 Å². The molecule has 120 valence electrons. The second-order valence-electron chi connectivity index (χ2n) is 6.04. The zero-order valence-electron chi connectivity index (χ0n) is 12.8. The SMILES string of the molecule is CC(C)c1nn(C)c(Cl)c1CN1CCO[C@H]2CNC[C@H]21.Cl. The number of hydrogen-bond donors (Lipinski definition) is 1. The molecule has 2 aliphatic rings. The molecule has 2 atom stereocenters. The first-order valence-electron chi connectivity index (χ1n) is 7.35. The molecule has 3 heterocycles. The molecule has 3 rings (SSSR count). The molecule has 5 nitrogen and oxygen atoms in total. The lowest BCUT2D eigenvalue weighted by atomic mass is 10.0. The van der Waals surface area contributed by atoms with Crippen molar-refractivity contribution in [3.63, 3.8) is 0 Å². The number of rotatable bonds is 3. The van der Waals surface area contributed by atoms with Crippen LogP contribution in [0, 0.1) is 0 Å². The largest absolute Gasteiger partial charge is 0.374 e. The topological polar surface area (TPSA) is 42.3 Å². The van der Waals surface area contributed by atoms with Crippen LogP contribution in [0.1, 0.15) is 31.0 Å². The molecule has 0 bridgehead atoms. The van der Waals surface area contributed by atoms with Crippen LogP contribution < -0.4 is 5.32 Å². The van der Waals surface area contributed by atoms with Crippen molar-refractivity contribution in [2.45, 2.75) is 38.5 Å². The predicted octanol–water partition coefficient (Wildman–Crippen LogP) is 1.79. The highest BCUT2D eigenvalue weighted by Crippen LogP contribution is 2.29. The Bertz CT molecular complexity index is 492. The lowest BCUT2D eigenvalue weighted by molar-refractivity contribution is -0.0501.